The number of nitrogens with one attached hydrogen (secondary N) is 1. The van der Waals surface area contributed by atoms with E-state index in [1.165, 1.54) is 0 Å². The first-order valence-electron chi connectivity index (χ1n) is 8.30. The van der Waals surface area contributed by atoms with Crippen molar-refractivity contribution >= 4 is 5.91 Å². The minimum atomic E-state index is 0.0443. The van der Waals surface area contributed by atoms with E-state index in [9.17, 15) is 4.79 Å². The highest BCUT2D eigenvalue weighted by Gasteiger charge is 2.23. The SMILES string of the molecule is COc1ccc(Cn2cc(C(=O)N(C)C3CCNCC3)cn2)cc1. The molecule has 0 unspecified atom stereocenters. The number of rotatable bonds is 5. The number of hydrogen-bond acceptors (Lipinski definition) is 4. The van der Waals surface area contributed by atoms with E-state index in [-0.39, 0.29) is 5.91 Å². The van der Waals surface area contributed by atoms with Crippen molar-refractivity contribution in [3.05, 3.63) is 47.8 Å². The fourth-order valence-electron chi connectivity index (χ4n) is 3.04. The fourth-order valence-corrected chi connectivity index (χ4v) is 3.04. The number of benzene rings is 1. The Morgan fingerprint density at radius 1 is 1.33 bits per heavy atom. The molecule has 0 saturated carbocycles. The summed E-state index contributed by atoms with van der Waals surface area (Å²) in [5.41, 5.74) is 1.76. The monoisotopic (exact) mass is 328 g/mol. The zero-order valence-corrected chi connectivity index (χ0v) is 14.2. The molecule has 2 aromatic rings. The first-order valence-corrected chi connectivity index (χ1v) is 8.30. The minimum absolute atomic E-state index is 0.0443. The predicted octanol–water partition coefficient (Wildman–Crippen LogP) is 1.76. The van der Waals surface area contributed by atoms with Crippen LogP contribution in [0.5, 0.6) is 5.75 Å². The molecule has 1 amide bonds. The highest BCUT2D eigenvalue weighted by atomic mass is 16.5. The zero-order valence-electron chi connectivity index (χ0n) is 14.2. The van der Waals surface area contributed by atoms with E-state index in [1.807, 2.05) is 42.4 Å². The highest BCUT2D eigenvalue weighted by Crippen LogP contribution is 2.15. The summed E-state index contributed by atoms with van der Waals surface area (Å²) < 4.78 is 6.96. The van der Waals surface area contributed by atoms with Crippen molar-refractivity contribution in [2.24, 2.45) is 0 Å². The smallest absolute Gasteiger partial charge is 0.257 e. The number of hydrogen-bond donors (Lipinski definition) is 1. The Morgan fingerprint density at radius 3 is 2.71 bits per heavy atom. The van der Waals surface area contributed by atoms with Gasteiger partial charge < -0.3 is 15.0 Å². The Bertz CT molecular complexity index is 675. The van der Waals surface area contributed by atoms with Crippen LogP contribution >= 0.6 is 0 Å². The Hall–Kier alpha value is -2.34. The number of methoxy groups -OCH3 is 1. The van der Waals surface area contributed by atoms with Gasteiger partial charge in [-0.25, -0.2) is 0 Å². The summed E-state index contributed by atoms with van der Waals surface area (Å²) in [6.07, 6.45) is 5.48. The molecule has 1 aliphatic heterocycles. The molecule has 1 aromatic carbocycles. The van der Waals surface area contributed by atoms with E-state index in [4.69, 9.17) is 4.74 Å². The Balaban J connectivity index is 1.64. The second kappa shape index (κ2) is 7.49. The van der Waals surface area contributed by atoms with Gasteiger partial charge in [0.1, 0.15) is 5.75 Å². The maximum atomic E-state index is 12.6. The van der Waals surface area contributed by atoms with E-state index in [0.717, 1.165) is 37.2 Å². The molecule has 1 fully saturated rings. The van der Waals surface area contributed by atoms with Crippen LogP contribution in [0.25, 0.3) is 0 Å². The lowest BCUT2D eigenvalue weighted by molar-refractivity contribution is 0.0703. The molecule has 24 heavy (non-hydrogen) atoms. The maximum absolute atomic E-state index is 12.6. The van der Waals surface area contributed by atoms with Crippen molar-refractivity contribution in [1.29, 1.82) is 0 Å². The van der Waals surface area contributed by atoms with Gasteiger partial charge in [-0.3, -0.25) is 9.48 Å². The Labute approximate surface area is 142 Å². The maximum Gasteiger partial charge on any atom is 0.257 e. The van der Waals surface area contributed by atoms with Gasteiger partial charge in [0.2, 0.25) is 0 Å². The molecule has 1 saturated heterocycles. The van der Waals surface area contributed by atoms with Crippen LogP contribution in [-0.2, 0) is 6.54 Å². The lowest BCUT2D eigenvalue weighted by atomic mass is 10.0. The quantitative estimate of drug-likeness (QED) is 0.909. The average Bonchev–Trinajstić information content (AvgIpc) is 3.10. The summed E-state index contributed by atoms with van der Waals surface area (Å²) in [6, 6.07) is 8.17. The zero-order chi connectivity index (χ0) is 16.9. The summed E-state index contributed by atoms with van der Waals surface area (Å²) >= 11 is 0. The van der Waals surface area contributed by atoms with Gasteiger partial charge in [-0.05, 0) is 43.6 Å². The van der Waals surface area contributed by atoms with Gasteiger partial charge in [-0.15, -0.1) is 0 Å². The number of carbonyl (C=O) groups is 1. The van der Waals surface area contributed by atoms with Crippen molar-refractivity contribution in [1.82, 2.24) is 20.0 Å². The molecule has 0 aliphatic carbocycles. The number of piperidine rings is 1. The molecule has 2 heterocycles. The normalized spacial score (nSPS) is 15.2. The van der Waals surface area contributed by atoms with E-state index >= 15 is 0 Å². The van der Waals surface area contributed by atoms with Crippen LogP contribution in [-0.4, -0.2) is 53.9 Å². The van der Waals surface area contributed by atoms with Gasteiger partial charge in [0.25, 0.3) is 5.91 Å². The third kappa shape index (κ3) is 3.76. The van der Waals surface area contributed by atoms with Crippen LogP contribution in [0.1, 0.15) is 28.8 Å². The summed E-state index contributed by atoms with van der Waals surface area (Å²) in [5.74, 6) is 0.876. The first-order chi connectivity index (χ1) is 11.7. The summed E-state index contributed by atoms with van der Waals surface area (Å²) in [5, 5.41) is 7.65. The van der Waals surface area contributed by atoms with E-state index in [0.29, 0.717) is 18.2 Å². The number of carbonyl (C=O) groups excluding carboxylic acids is 1. The minimum Gasteiger partial charge on any atom is -0.497 e. The van der Waals surface area contributed by atoms with Crippen LogP contribution in [0, 0.1) is 0 Å². The second-order valence-electron chi connectivity index (χ2n) is 6.17. The molecule has 0 bridgehead atoms. The molecule has 6 heteroatoms. The van der Waals surface area contributed by atoms with Crippen LogP contribution in [0.3, 0.4) is 0 Å². The Kier molecular flexibility index (Phi) is 5.15. The third-order valence-electron chi connectivity index (χ3n) is 4.56. The van der Waals surface area contributed by atoms with Crippen LogP contribution in [0.15, 0.2) is 36.7 Å². The van der Waals surface area contributed by atoms with Crippen LogP contribution in [0.2, 0.25) is 0 Å². The number of amides is 1. The Morgan fingerprint density at radius 2 is 2.04 bits per heavy atom. The summed E-state index contributed by atoms with van der Waals surface area (Å²) in [7, 11) is 3.54. The molecule has 1 N–H and O–H groups in total. The molecule has 128 valence electrons. The molecule has 0 radical (unpaired) electrons. The molecular weight excluding hydrogens is 304 g/mol. The van der Waals surface area contributed by atoms with Crippen LogP contribution < -0.4 is 10.1 Å². The largest absolute Gasteiger partial charge is 0.497 e. The van der Waals surface area contributed by atoms with Crippen molar-refractivity contribution in [3.8, 4) is 5.75 Å². The van der Waals surface area contributed by atoms with Crippen molar-refractivity contribution in [2.45, 2.75) is 25.4 Å². The topological polar surface area (TPSA) is 59.4 Å². The third-order valence-corrected chi connectivity index (χ3v) is 4.56. The van der Waals surface area contributed by atoms with E-state index < -0.39 is 0 Å². The van der Waals surface area contributed by atoms with Gasteiger partial charge in [0, 0.05) is 19.3 Å². The molecule has 6 nitrogen and oxygen atoms in total. The van der Waals surface area contributed by atoms with Gasteiger partial charge in [0.05, 0.1) is 25.4 Å². The molecule has 3 rings (SSSR count). The van der Waals surface area contributed by atoms with Gasteiger partial charge >= 0.3 is 0 Å². The molecule has 1 aliphatic rings. The average molecular weight is 328 g/mol. The molecule has 1 aromatic heterocycles. The standard InChI is InChI=1S/C18H24N4O2/c1-21(16-7-9-19-10-8-16)18(23)15-11-20-22(13-15)12-14-3-5-17(24-2)6-4-14/h3-6,11,13,16,19H,7-10,12H2,1-2H3. The fraction of sp³-hybridized carbons (Fsp3) is 0.444. The van der Waals surface area contributed by atoms with Gasteiger partial charge in [-0.2, -0.15) is 5.10 Å². The van der Waals surface area contributed by atoms with Gasteiger partial charge in [-0.1, -0.05) is 12.1 Å². The van der Waals surface area contributed by atoms with Crippen molar-refractivity contribution in [3.63, 3.8) is 0 Å². The number of aromatic nitrogens is 2. The summed E-state index contributed by atoms with van der Waals surface area (Å²) in [6.45, 7) is 2.58. The molecular formula is C18H24N4O2. The van der Waals surface area contributed by atoms with E-state index in [1.54, 1.807) is 18.0 Å². The van der Waals surface area contributed by atoms with Gasteiger partial charge in [0.15, 0.2) is 0 Å². The lowest BCUT2D eigenvalue weighted by Gasteiger charge is -2.31. The number of nitrogens with zero attached hydrogens (tertiary/aromatic N) is 3. The first kappa shape index (κ1) is 16.5. The predicted molar refractivity (Wildman–Crippen MR) is 92.3 cm³/mol. The number of ether oxygens (including phenoxy) is 1. The van der Waals surface area contributed by atoms with Crippen molar-refractivity contribution < 1.29 is 9.53 Å². The van der Waals surface area contributed by atoms with E-state index in [2.05, 4.69) is 10.4 Å². The summed E-state index contributed by atoms with van der Waals surface area (Å²) in [4.78, 5) is 14.5. The molecule has 0 atom stereocenters. The molecule has 0 spiro atoms. The second-order valence-corrected chi connectivity index (χ2v) is 6.17. The highest BCUT2D eigenvalue weighted by molar-refractivity contribution is 5.93. The van der Waals surface area contributed by atoms with Crippen LogP contribution in [0.4, 0.5) is 0 Å². The lowest BCUT2D eigenvalue weighted by Crippen LogP contribution is -2.43. The van der Waals surface area contributed by atoms with Crippen molar-refractivity contribution in [2.75, 3.05) is 27.2 Å².